The van der Waals surface area contributed by atoms with Gasteiger partial charge in [-0.05, 0) is 37.5 Å². The quantitative estimate of drug-likeness (QED) is 0.562. The van der Waals surface area contributed by atoms with E-state index in [2.05, 4.69) is 21.3 Å². The SMILES string of the molecule is CNC(=O)c1cccc(NC(=O)CCCNC(=O)NC2CCCCC2)c1. The summed E-state index contributed by atoms with van der Waals surface area (Å²) in [5.74, 6) is -0.345. The lowest BCUT2D eigenvalue weighted by Gasteiger charge is -2.22. The standard InChI is InChI=1S/C19H28N4O3/c1-20-18(25)14-7-5-10-16(13-14)22-17(24)11-6-12-21-19(26)23-15-8-3-2-4-9-15/h5,7,10,13,15H,2-4,6,8-9,11-12H2,1H3,(H,20,25)(H,22,24)(H2,21,23,26). The molecule has 142 valence electrons. The van der Waals surface area contributed by atoms with Crippen molar-refractivity contribution in [2.24, 2.45) is 0 Å². The number of anilines is 1. The molecule has 0 unspecified atom stereocenters. The second-order valence-electron chi connectivity index (χ2n) is 6.55. The van der Waals surface area contributed by atoms with Gasteiger partial charge in [0.1, 0.15) is 0 Å². The van der Waals surface area contributed by atoms with Crippen molar-refractivity contribution >= 4 is 23.5 Å². The van der Waals surface area contributed by atoms with Gasteiger partial charge < -0.3 is 21.3 Å². The van der Waals surface area contributed by atoms with Crippen molar-refractivity contribution in [3.05, 3.63) is 29.8 Å². The highest BCUT2D eigenvalue weighted by atomic mass is 16.2. The number of hydrogen-bond donors (Lipinski definition) is 4. The van der Waals surface area contributed by atoms with Gasteiger partial charge in [-0.25, -0.2) is 4.79 Å². The molecule has 4 N–H and O–H groups in total. The van der Waals surface area contributed by atoms with E-state index >= 15 is 0 Å². The molecule has 0 aliphatic heterocycles. The molecule has 1 saturated carbocycles. The lowest BCUT2D eigenvalue weighted by molar-refractivity contribution is -0.116. The van der Waals surface area contributed by atoms with Crippen molar-refractivity contribution < 1.29 is 14.4 Å². The van der Waals surface area contributed by atoms with Crippen LogP contribution >= 0.6 is 0 Å². The average Bonchev–Trinajstić information content (AvgIpc) is 2.65. The number of benzene rings is 1. The fourth-order valence-electron chi connectivity index (χ4n) is 3.04. The number of carbonyl (C=O) groups is 3. The van der Waals surface area contributed by atoms with Gasteiger partial charge in [0.25, 0.3) is 5.91 Å². The van der Waals surface area contributed by atoms with Crippen LogP contribution in [0.4, 0.5) is 10.5 Å². The Balaban J connectivity index is 1.64. The molecule has 0 heterocycles. The molecule has 1 fully saturated rings. The van der Waals surface area contributed by atoms with Gasteiger partial charge in [-0.3, -0.25) is 9.59 Å². The van der Waals surface area contributed by atoms with E-state index in [1.165, 1.54) is 19.3 Å². The van der Waals surface area contributed by atoms with Gasteiger partial charge in [-0.1, -0.05) is 25.3 Å². The Bertz CT molecular complexity index is 627. The van der Waals surface area contributed by atoms with E-state index in [0.29, 0.717) is 30.6 Å². The minimum atomic E-state index is -0.200. The maximum Gasteiger partial charge on any atom is 0.315 e. The smallest absolute Gasteiger partial charge is 0.315 e. The lowest BCUT2D eigenvalue weighted by Crippen LogP contribution is -2.43. The Morgan fingerprint density at radius 2 is 1.88 bits per heavy atom. The highest BCUT2D eigenvalue weighted by molar-refractivity contribution is 5.97. The second-order valence-corrected chi connectivity index (χ2v) is 6.55. The Labute approximate surface area is 154 Å². The molecule has 26 heavy (non-hydrogen) atoms. The Morgan fingerprint density at radius 3 is 2.62 bits per heavy atom. The van der Waals surface area contributed by atoms with Crippen LogP contribution in [0.15, 0.2) is 24.3 Å². The second kappa shape index (κ2) is 10.4. The largest absolute Gasteiger partial charge is 0.355 e. The Hall–Kier alpha value is -2.57. The van der Waals surface area contributed by atoms with Gasteiger partial charge in [-0.2, -0.15) is 0 Å². The molecule has 0 atom stereocenters. The first-order valence-electron chi connectivity index (χ1n) is 9.25. The summed E-state index contributed by atoms with van der Waals surface area (Å²) < 4.78 is 0. The topological polar surface area (TPSA) is 99.3 Å². The van der Waals surface area contributed by atoms with Gasteiger partial charge in [0.05, 0.1) is 0 Å². The summed E-state index contributed by atoms with van der Waals surface area (Å²) in [4.78, 5) is 35.4. The van der Waals surface area contributed by atoms with Crippen LogP contribution < -0.4 is 21.3 Å². The fourth-order valence-corrected chi connectivity index (χ4v) is 3.04. The zero-order valence-corrected chi connectivity index (χ0v) is 15.3. The number of rotatable bonds is 7. The van der Waals surface area contributed by atoms with Crippen LogP contribution in [0.3, 0.4) is 0 Å². The van der Waals surface area contributed by atoms with Crippen LogP contribution in [-0.2, 0) is 4.79 Å². The van der Waals surface area contributed by atoms with E-state index in [1.807, 2.05) is 0 Å². The molecule has 0 saturated heterocycles. The molecular weight excluding hydrogens is 332 g/mol. The summed E-state index contributed by atoms with van der Waals surface area (Å²) in [6.07, 6.45) is 6.54. The maximum atomic E-state index is 12.0. The number of amides is 4. The minimum absolute atomic E-state index is 0.145. The van der Waals surface area contributed by atoms with E-state index in [-0.39, 0.29) is 23.9 Å². The van der Waals surface area contributed by atoms with Gasteiger partial charge in [0.2, 0.25) is 5.91 Å². The molecule has 1 aliphatic carbocycles. The summed E-state index contributed by atoms with van der Waals surface area (Å²) in [5, 5.41) is 11.1. The van der Waals surface area contributed by atoms with Crippen LogP contribution in [0.1, 0.15) is 55.3 Å². The predicted molar refractivity (Wildman–Crippen MR) is 101 cm³/mol. The van der Waals surface area contributed by atoms with Crippen LogP contribution in [0.25, 0.3) is 0 Å². The van der Waals surface area contributed by atoms with Gasteiger partial charge in [-0.15, -0.1) is 0 Å². The zero-order chi connectivity index (χ0) is 18.8. The molecule has 1 aromatic carbocycles. The van der Waals surface area contributed by atoms with Crippen LogP contribution in [0.2, 0.25) is 0 Å². The monoisotopic (exact) mass is 360 g/mol. The van der Waals surface area contributed by atoms with Crippen molar-refractivity contribution in [1.29, 1.82) is 0 Å². The number of carbonyl (C=O) groups excluding carboxylic acids is 3. The first-order chi connectivity index (χ1) is 12.6. The van der Waals surface area contributed by atoms with Crippen molar-refractivity contribution in [1.82, 2.24) is 16.0 Å². The van der Waals surface area contributed by atoms with Gasteiger partial charge in [0.15, 0.2) is 0 Å². The molecule has 1 aliphatic rings. The van der Waals surface area contributed by atoms with Crippen LogP contribution in [0.5, 0.6) is 0 Å². The highest BCUT2D eigenvalue weighted by Gasteiger charge is 2.15. The minimum Gasteiger partial charge on any atom is -0.355 e. The van der Waals surface area contributed by atoms with E-state index in [9.17, 15) is 14.4 Å². The third-order valence-corrected chi connectivity index (χ3v) is 4.44. The molecule has 7 heteroatoms. The molecule has 1 aromatic rings. The predicted octanol–water partition coefficient (Wildman–Crippen LogP) is 2.40. The summed E-state index contributed by atoms with van der Waals surface area (Å²) in [6.45, 7) is 0.449. The zero-order valence-electron chi connectivity index (χ0n) is 15.3. The first kappa shape index (κ1) is 19.8. The van der Waals surface area contributed by atoms with Crippen molar-refractivity contribution in [3.8, 4) is 0 Å². The van der Waals surface area contributed by atoms with E-state index in [0.717, 1.165) is 12.8 Å². The third kappa shape index (κ3) is 6.74. The fraction of sp³-hybridized carbons (Fsp3) is 0.526. The van der Waals surface area contributed by atoms with Crippen LogP contribution in [-0.4, -0.2) is 37.5 Å². The molecular formula is C19H28N4O3. The molecule has 7 nitrogen and oxygen atoms in total. The van der Waals surface area contributed by atoms with E-state index < -0.39 is 0 Å². The first-order valence-corrected chi connectivity index (χ1v) is 9.25. The number of urea groups is 1. The molecule has 4 amide bonds. The van der Waals surface area contributed by atoms with Crippen molar-refractivity contribution in [2.75, 3.05) is 18.9 Å². The summed E-state index contributed by atoms with van der Waals surface area (Å²) in [7, 11) is 1.56. The molecule has 0 radical (unpaired) electrons. The number of hydrogen-bond acceptors (Lipinski definition) is 3. The highest BCUT2D eigenvalue weighted by Crippen LogP contribution is 2.17. The third-order valence-electron chi connectivity index (χ3n) is 4.44. The lowest BCUT2D eigenvalue weighted by atomic mass is 9.96. The molecule has 2 rings (SSSR count). The van der Waals surface area contributed by atoms with Crippen LogP contribution in [0, 0.1) is 0 Å². The van der Waals surface area contributed by atoms with Crippen molar-refractivity contribution in [2.45, 2.75) is 51.0 Å². The molecule has 0 bridgehead atoms. The Morgan fingerprint density at radius 1 is 1.12 bits per heavy atom. The average molecular weight is 360 g/mol. The molecule has 0 aromatic heterocycles. The van der Waals surface area contributed by atoms with E-state index in [1.54, 1.807) is 31.3 Å². The van der Waals surface area contributed by atoms with E-state index in [4.69, 9.17) is 0 Å². The van der Waals surface area contributed by atoms with Gasteiger partial charge in [0, 0.05) is 37.3 Å². The maximum absolute atomic E-state index is 12.0. The Kier molecular flexibility index (Phi) is 7.92. The van der Waals surface area contributed by atoms with Gasteiger partial charge >= 0.3 is 6.03 Å². The normalized spacial score (nSPS) is 14.3. The summed E-state index contributed by atoms with van der Waals surface area (Å²) in [5.41, 5.74) is 1.07. The number of nitrogens with one attached hydrogen (secondary N) is 4. The van der Waals surface area contributed by atoms with Crippen molar-refractivity contribution in [3.63, 3.8) is 0 Å². The molecule has 0 spiro atoms. The summed E-state index contributed by atoms with van der Waals surface area (Å²) in [6, 6.07) is 6.89. The summed E-state index contributed by atoms with van der Waals surface area (Å²) >= 11 is 0.